The molecule has 3 N–H and O–H groups in total. The largest absolute Gasteiger partial charge is 0.481 e. The van der Waals surface area contributed by atoms with E-state index in [9.17, 15) is 9.90 Å². The minimum Gasteiger partial charge on any atom is -0.481 e. The van der Waals surface area contributed by atoms with Crippen LogP contribution in [0.15, 0.2) is 6.20 Å². The summed E-state index contributed by atoms with van der Waals surface area (Å²) in [6.45, 7) is 4.54. The lowest BCUT2D eigenvalue weighted by Crippen LogP contribution is -2.45. The molecule has 1 aromatic heterocycles. The Labute approximate surface area is 123 Å². The van der Waals surface area contributed by atoms with Crippen LogP contribution >= 0.6 is 11.3 Å². The first-order valence-corrected chi connectivity index (χ1v) is 7.82. The summed E-state index contributed by atoms with van der Waals surface area (Å²) in [4.78, 5) is 16.4. The zero-order valence-electron chi connectivity index (χ0n) is 11.9. The third-order valence-corrected chi connectivity index (χ3v) is 5.11. The second-order valence-corrected chi connectivity index (χ2v) is 7.01. The Bertz CT molecular complexity index is 467. The third kappa shape index (κ3) is 3.77. The molecule has 5 nitrogen and oxygen atoms in total. The molecule has 1 saturated carbocycles. The van der Waals surface area contributed by atoms with Gasteiger partial charge in [0.05, 0.1) is 17.6 Å². The molecule has 1 atom stereocenters. The van der Waals surface area contributed by atoms with Crippen LogP contribution in [0.3, 0.4) is 0 Å². The number of nitrogens with one attached hydrogen (secondary N) is 1. The first-order chi connectivity index (χ1) is 9.39. The van der Waals surface area contributed by atoms with Crippen molar-refractivity contribution in [3.05, 3.63) is 16.1 Å². The van der Waals surface area contributed by atoms with Gasteiger partial charge in [-0.1, -0.05) is 0 Å². The van der Waals surface area contributed by atoms with Crippen LogP contribution in [0.1, 0.15) is 48.5 Å². The topological polar surface area (TPSA) is 82.5 Å². The van der Waals surface area contributed by atoms with Gasteiger partial charge in [0.2, 0.25) is 0 Å². The first-order valence-electron chi connectivity index (χ1n) is 7.00. The van der Waals surface area contributed by atoms with Crippen LogP contribution in [-0.2, 0) is 4.79 Å². The molecular weight excluding hydrogens is 276 g/mol. The summed E-state index contributed by atoms with van der Waals surface area (Å²) >= 11 is 1.65. The Balaban J connectivity index is 1.83. The maximum atomic E-state index is 10.9. The molecule has 20 heavy (non-hydrogen) atoms. The zero-order chi connectivity index (χ0) is 14.8. The van der Waals surface area contributed by atoms with E-state index in [2.05, 4.69) is 10.3 Å². The minimum absolute atomic E-state index is 0.106. The lowest BCUT2D eigenvalue weighted by molar-refractivity contribution is -0.144. The second kappa shape index (κ2) is 6.20. The van der Waals surface area contributed by atoms with Crippen molar-refractivity contribution < 1.29 is 15.0 Å². The Hall–Kier alpha value is -0.980. The van der Waals surface area contributed by atoms with E-state index >= 15 is 0 Å². The molecule has 1 heterocycles. The SMILES string of the molecule is Cc1cnc(C(C)NCC2(O)CCC(C(=O)O)CC2)s1. The Morgan fingerprint density at radius 2 is 2.25 bits per heavy atom. The van der Waals surface area contributed by atoms with Crippen molar-refractivity contribution in [2.24, 2.45) is 5.92 Å². The second-order valence-electron chi connectivity index (χ2n) is 5.75. The number of aryl methyl sites for hydroxylation is 1. The fourth-order valence-corrected chi connectivity index (χ4v) is 3.38. The summed E-state index contributed by atoms with van der Waals surface area (Å²) in [5.41, 5.74) is -0.785. The smallest absolute Gasteiger partial charge is 0.306 e. The summed E-state index contributed by atoms with van der Waals surface area (Å²) in [5.74, 6) is -1.04. The van der Waals surface area contributed by atoms with Gasteiger partial charge in [-0.3, -0.25) is 4.79 Å². The van der Waals surface area contributed by atoms with Gasteiger partial charge >= 0.3 is 5.97 Å². The Morgan fingerprint density at radius 3 is 2.75 bits per heavy atom. The maximum absolute atomic E-state index is 10.9. The van der Waals surface area contributed by atoms with E-state index in [1.165, 1.54) is 4.88 Å². The van der Waals surface area contributed by atoms with E-state index in [4.69, 9.17) is 5.11 Å². The number of carbonyl (C=O) groups is 1. The molecule has 0 amide bonds. The summed E-state index contributed by atoms with van der Waals surface area (Å²) in [7, 11) is 0. The van der Waals surface area contributed by atoms with E-state index in [0.717, 1.165) is 5.01 Å². The van der Waals surface area contributed by atoms with Crippen molar-refractivity contribution >= 4 is 17.3 Å². The van der Waals surface area contributed by atoms with Gasteiger partial charge in [0.1, 0.15) is 5.01 Å². The molecule has 1 aromatic rings. The highest BCUT2D eigenvalue weighted by Crippen LogP contribution is 2.32. The summed E-state index contributed by atoms with van der Waals surface area (Å²) in [6.07, 6.45) is 4.04. The molecule has 1 unspecified atom stereocenters. The molecule has 0 aliphatic heterocycles. The molecule has 0 aromatic carbocycles. The van der Waals surface area contributed by atoms with Gasteiger partial charge in [0.25, 0.3) is 0 Å². The zero-order valence-corrected chi connectivity index (χ0v) is 12.7. The lowest BCUT2D eigenvalue weighted by atomic mass is 9.78. The molecule has 1 fully saturated rings. The van der Waals surface area contributed by atoms with Gasteiger partial charge in [-0.2, -0.15) is 0 Å². The fraction of sp³-hybridized carbons (Fsp3) is 0.714. The minimum atomic E-state index is -0.785. The number of rotatable bonds is 5. The van der Waals surface area contributed by atoms with Crippen LogP contribution in [-0.4, -0.2) is 33.3 Å². The van der Waals surface area contributed by atoms with Crippen LogP contribution in [0.5, 0.6) is 0 Å². The van der Waals surface area contributed by atoms with Gasteiger partial charge in [0, 0.05) is 17.6 Å². The van der Waals surface area contributed by atoms with E-state index < -0.39 is 11.6 Å². The molecule has 112 valence electrons. The summed E-state index contributed by atoms with van der Waals surface area (Å²) < 4.78 is 0. The first kappa shape index (κ1) is 15.4. The van der Waals surface area contributed by atoms with Crippen molar-refractivity contribution in [3.8, 4) is 0 Å². The van der Waals surface area contributed by atoms with Crippen LogP contribution < -0.4 is 5.32 Å². The molecule has 0 bridgehead atoms. The number of carboxylic acids is 1. The number of hydrogen-bond acceptors (Lipinski definition) is 5. The third-order valence-electron chi connectivity index (χ3n) is 4.01. The van der Waals surface area contributed by atoms with Crippen molar-refractivity contribution in [2.75, 3.05) is 6.54 Å². The lowest BCUT2D eigenvalue weighted by Gasteiger charge is -2.35. The molecule has 6 heteroatoms. The highest BCUT2D eigenvalue weighted by Gasteiger charge is 2.35. The predicted octanol–water partition coefficient (Wildman–Crippen LogP) is 2.11. The average Bonchev–Trinajstić information content (AvgIpc) is 2.83. The molecule has 2 rings (SSSR count). The van der Waals surface area contributed by atoms with E-state index in [-0.39, 0.29) is 12.0 Å². The van der Waals surface area contributed by atoms with Crippen LogP contribution in [0.2, 0.25) is 0 Å². The Kier molecular flexibility index (Phi) is 4.78. The summed E-state index contributed by atoms with van der Waals surface area (Å²) in [6, 6.07) is 0.106. The standard InChI is InChI=1S/C14H22N2O3S/c1-9-7-15-12(20-9)10(2)16-8-14(19)5-3-11(4-6-14)13(17)18/h7,10-11,16,19H,3-6,8H2,1-2H3,(H,17,18). The normalized spacial score (nSPS) is 28.2. The number of carboxylic acid groups (broad SMARTS) is 1. The Morgan fingerprint density at radius 1 is 1.60 bits per heavy atom. The highest BCUT2D eigenvalue weighted by atomic mass is 32.1. The molecule has 0 spiro atoms. The number of aliphatic carboxylic acids is 1. The van der Waals surface area contributed by atoms with Gasteiger partial charge < -0.3 is 15.5 Å². The van der Waals surface area contributed by atoms with E-state index in [1.54, 1.807) is 11.3 Å². The fourth-order valence-electron chi connectivity index (χ4n) is 2.58. The number of nitrogens with zero attached hydrogens (tertiary/aromatic N) is 1. The molecule has 1 aliphatic carbocycles. The monoisotopic (exact) mass is 298 g/mol. The van der Waals surface area contributed by atoms with Crippen LogP contribution in [0.4, 0.5) is 0 Å². The van der Waals surface area contributed by atoms with E-state index in [1.807, 2.05) is 20.0 Å². The predicted molar refractivity (Wildman–Crippen MR) is 77.8 cm³/mol. The molecule has 1 aliphatic rings. The molecular formula is C14H22N2O3S. The van der Waals surface area contributed by atoms with Gasteiger partial charge in [-0.25, -0.2) is 4.98 Å². The van der Waals surface area contributed by atoms with Crippen molar-refractivity contribution in [2.45, 2.75) is 51.2 Å². The van der Waals surface area contributed by atoms with Gasteiger partial charge in [-0.05, 0) is 39.5 Å². The maximum Gasteiger partial charge on any atom is 0.306 e. The average molecular weight is 298 g/mol. The highest BCUT2D eigenvalue weighted by molar-refractivity contribution is 7.11. The summed E-state index contributed by atoms with van der Waals surface area (Å²) in [5, 5.41) is 23.8. The number of hydrogen-bond donors (Lipinski definition) is 3. The van der Waals surface area contributed by atoms with Crippen LogP contribution in [0, 0.1) is 12.8 Å². The molecule has 0 saturated heterocycles. The van der Waals surface area contributed by atoms with Gasteiger partial charge in [-0.15, -0.1) is 11.3 Å². The number of thiazole rings is 1. The quantitative estimate of drug-likeness (QED) is 0.775. The molecule has 0 radical (unpaired) electrons. The number of aromatic nitrogens is 1. The van der Waals surface area contributed by atoms with Crippen molar-refractivity contribution in [1.29, 1.82) is 0 Å². The van der Waals surface area contributed by atoms with Crippen LogP contribution in [0.25, 0.3) is 0 Å². The number of aliphatic hydroxyl groups is 1. The van der Waals surface area contributed by atoms with E-state index in [0.29, 0.717) is 32.2 Å². The van der Waals surface area contributed by atoms with Crippen molar-refractivity contribution in [1.82, 2.24) is 10.3 Å². The van der Waals surface area contributed by atoms with Gasteiger partial charge in [0.15, 0.2) is 0 Å². The van der Waals surface area contributed by atoms with Crippen molar-refractivity contribution in [3.63, 3.8) is 0 Å².